The van der Waals surface area contributed by atoms with E-state index in [1.165, 1.54) is 6.07 Å². The predicted octanol–water partition coefficient (Wildman–Crippen LogP) is 3.26. The molecular formula is C13H13Cl2N3O2S. The van der Waals surface area contributed by atoms with E-state index in [1.54, 1.807) is 12.1 Å². The molecule has 5 nitrogen and oxygen atoms in total. The van der Waals surface area contributed by atoms with Gasteiger partial charge in [0.1, 0.15) is 10.0 Å². The van der Waals surface area contributed by atoms with Gasteiger partial charge in [0.25, 0.3) is 10.0 Å². The maximum absolute atomic E-state index is 12.4. The number of hydrogen-bond donors (Lipinski definition) is 1. The number of para-hydroxylation sites is 2. The Bertz CT molecular complexity index is 764. The first-order valence-corrected chi connectivity index (χ1v) is 8.15. The van der Waals surface area contributed by atoms with E-state index in [2.05, 4.69) is 9.71 Å². The van der Waals surface area contributed by atoms with Gasteiger partial charge in [-0.05, 0) is 18.2 Å². The van der Waals surface area contributed by atoms with Crippen molar-refractivity contribution < 1.29 is 8.42 Å². The number of anilines is 2. The Morgan fingerprint density at radius 1 is 1.19 bits per heavy atom. The molecule has 0 amide bonds. The fraction of sp³-hybridized carbons (Fsp3) is 0.154. The van der Waals surface area contributed by atoms with Crippen molar-refractivity contribution in [3.05, 3.63) is 46.7 Å². The zero-order valence-electron chi connectivity index (χ0n) is 11.3. The van der Waals surface area contributed by atoms with E-state index < -0.39 is 10.0 Å². The second-order valence-electron chi connectivity index (χ2n) is 4.46. The van der Waals surface area contributed by atoms with Crippen LogP contribution in [0, 0.1) is 0 Å². The molecule has 0 unspecified atom stereocenters. The molecule has 1 N–H and O–H groups in total. The van der Waals surface area contributed by atoms with Crippen LogP contribution in [0.2, 0.25) is 10.2 Å². The average Bonchev–Trinajstić information content (AvgIpc) is 2.41. The average molecular weight is 346 g/mol. The van der Waals surface area contributed by atoms with Crippen LogP contribution in [0.1, 0.15) is 0 Å². The molecule has 0 aliphatic carbocycles. The Morgan fingerprint density at radius 2 is 1.86 bits per heavy atom. The van der Waals surface area contributed by atoms with Gasteiger partial charge in [-0.1, -0.05) is 35.3 Å². The Balaban J connectivity index is 2.40. The van der Waals surface area contributed by atoms with E-state index in [0.717, 1.165) is 11.9 Å². The lowest BCUT2D eigenvalue weighted by Crippen LogP contribution is -2.17. The van der Waals surface area contributed by atoms with E-state index in [0.29, 0.717) is 5.69 Å². The van der Waals surface area contributed by atoms with Crippen molar-refractivity contribution in [3.63, 3.8) is 0 Å². The minimum Gasteiger partial charge on any atom is -0.376 e. The SMILES string of the molecule is CN(C)c1ccccc1NS(=O)(=O)c1cnc(Cl)c(Cl)c1. The van der Waals surface area contributed by atoms with Crippen molar-refractivity contribution >= 4 is 44.6 Å². The van der Waals surface area contributed by atoms with E-state index in [1.807, 2.05) is 31.1 Å². The van der Waals surface area contributed by atoms with Crippen LogP contribution < -0.4 is 9.62 Å². The van der Waals surface area contributed by atoms with Crippen molar-refractivity contribution in [2.45, 2.75) is 4.90 Å². The number of hydrogen-bond acceptors (Lipinski definition) is 4. The molecule has 2 aromatic rings. The van der Waals surface area contributed by atoms with Gasteiger partial charge < -0.3 is 4.90 Å². The van der Waals surface area contributed by atoms with Gasteiger partial charge in [0, 0.05) is 20.3 Å². The summed E-state index contributed by atoms with van der Waals surface area (Å²) in [5.41, 5.74) is 1.21. The molecule has 0 atom stereocenters. The fourth-order valence-electron chi connectivity index (χ4n) is 1.70. The molecule has 0 saturated heterocycles. The lowest BCUT2D eigenvalue weighted by molar-refractivity contribution is 0.601. The Kier molecular flexibility index (Phi) is 4.61. The minimum absolute atomic E-state index is 0.0505. The molecule has 0 aliphatic rings. The number of sulfonamides is 1. The van der Waals surface area contributed by atoms with Crippen LogP contribution in [0.5, 0.6) is 0 Å². The summed E-state index contributed by atoms with van der Waals surface area (Å²) in [5, 5.41) is 0.143. The Labute approximate surface area is 133 Å². The molecule has 0 radical (unpaired) electrons. The van der Waals surface area contributed by atoms with Crippen molar-refractivity contribution in [2.75, 3.05) is 23.7 Å². The molecule has 112 valence electrons. The predicted molar refractivity (Wildman–Crippen MR) is 85.8 cm³/mol. The number of aromatic nitrogens is 1. The number of nitrogens with one attached hydrogen (secondary N) is 1. The molecule has 0 spiro atoms. The standard InChI is InChI=1S/C13H13Cl2N3O2S/c1-18(2)12-6-4-3-5-11(12)17-21(19,20)9-7-10(14)13(15)16-8-9/h3-8,17H,1-2H3. The third kappa shape index (κ3) is 3.58. The molecule has 21 heavy (non-hydrogen) atoms. The van der Waals surface area contributed by atoms with Crippen molar-refractivity contribution in [3.8, 4) is 0 Å². The molecule has 2 rings (SSSR count). The first kappa shape index (κ1) is 15.9. The summed E-state index contributed by atoms with van der Waals surface area (Å²) in [6.07, 6.45) is 1.16. The van der Waals surface area contributed by atoms with Crippen molar-refractivity contribution in [1.82, 2.24) is 4.98 Å². The zero-order valence-corrected chi connectivity index (χ0v) is 13.7. The number of rotatable bonds is 4. The minimum atomic E-state index is -3.79. The van der Waals surface area contributed by atoms with Crippen molar-refractivity contribution in [2.24, 2.45) is 0 Å². The normalized spacial score (nSPS) is 11.2. The van der Waals surface area contributed by atoms with E-state index in [4.69, 9.17) is 23.2 Å². The lowest BCUT2D eigenvalue weighted by atomic mass is 10.2. The van der Waals surface area contributed by atoms with Gasteiger partial charge in [0.15, 0.2) is 0 Å². The van der Waals surface area contributed by atoms with Gasteiger partial charge in [-0.25, -0.2) is 13.4 Å². The molecule has 1 heterocycles. The number of halogens is 2. The highest BCUT2D eigenvalue weighted by Crippen LogP contribution is 2.28. The summed E-state index contributed by atoms with van der Waals surface area (Å²) >= 11 is 11.5. The van der Waals surface area contributed by atoms with Crippen LogP contribution in [0.25, 0.3) is 0 Å². The van der Waals surface area contributed by atoms with E-state index >= 15 is 0 Å². The summed E-state index contributed by atoms with van der Waals surface area (Å²) in [6, 6.07) is 8.33. The second-order valence-corrected chi connectivity index (χ2v) is 6.91. The third-order valence-electron chi connectivity index (χ3n) is 2.71. The molecular weight excluding hydrogens is 333 g/mol. The van der Waals surface area contributed by atoms with Gasteiger partial charge in [0.05, 0.1) is 16.4 Å². The molecule has 0 bridgehead atoms. The van der Waals surface area contributed by atoms with Crippen LogP contribution in [-0.2, 0) is 10.0 Å². The number of pyridine rings is 1. The maximum Gasteiger partial charge on any atom is 0.263 e. The van der Waals surface area contributed by atoms with Crippen LogP contribution in [0.15, 0.2) is 41.4 Å². The molecule has 0 fully saturated rings. The smallest absolute Gasteiger partial charge is 0.263 e. The summed E-state index contributed by atoms with van der Waals surface area (Å²) in [6.45, 7) is 0. The van der Waals surface area contributed by atoms with Crippen LogP contribution in [-0.4, -0.2) is 27.5 Å². The number of benzene rings is 1. The fourth-order valence-corrected chi connectivity index (χ4v) is 3.08. The molecule has 8 heteroatoms. The molecule has 1 aromatic carbocycles. The van der Waals surface area contributed by atoms with Crippen molar-refractivity contribution in [1.29, 1.82) is 0 Å². The van der Waals surface area contributed by atoms with Crippen LogP contribution >= 0.6 is 23.2 Å². The molecule has 0 aliphatic heterocycles. The zero-order chi connectivity index (χ0) is 15.6. The maximum atomic E-state index is 12.4. The third-order valence-corrected chi connectivity index (χ3v) is 4.73. The van der Waals surface area contributed by atoms with Gasteiger partial charge in [-0.15, -0.1) is 0 Å². The second kappa shape index (κ2) is 6.09. The first-order valence-electron chi connectivity index (χ1n) is 5.91. The highest BCUT2D eigenvalue weighted by atomic mass is 35.5. The first-order chi connectivity index (χ1) is 9.81. The molecule has 0 saturated carbocycles. The summed E-state index contributed by atoms with van der Waals surface area (Å²) < 4.78 is 27.3. The van der Waals surface area contributed by atoms with Gasteiger partial charge in [0.2, 0.25) is 0 Å². The van der Waals surface area contributed by atoms with E-state index in [9.17, 15) is 8.42 Å². The summed E-state index contributed by atoms with van der Waals surface area (Å²) in [7, 11) is -0.136. The monoisotopic (exact) mass is 345 g/mol. The van der Waals surface area contributed by atoms with Crippen LogP contribution in [0.3, 0.4) is 0 Å². The Hall–Kier alpha value is -1.50. The Morgan fingerprint density at radius 3 is 2.48 bits per heavy atom. The highest BCUT2D eigenvalue weighted by Gasteiger charge is 2.18. The quantitative estimate of drug-likeness (QED) is 0.864. The summed E-state index contributed by atoms with van der Waals surface area (Å²) in [5.74, 6) is 0. The highest BCUT2D eigenvalue weighted by molar-refractivity contribution is 7.92. The summed E-state index contributed by atoms with van der Waals surface area (Å²) in [4.78, 5) is 5.51. The lowest BCUT2D eigenvalue weighted by Gasteiger charge is -2.18. The van der Waals surface area contributed by atoms with Gasteiger partial charge >= 0.3 is 0 Å². The number of nitrogens with zero attached hydrogens (tertiary/aromatic N) is 2. The van der Waals surface area contributed by atoms with E-state index in [-0.39, 0.29) is 15.1 Å². The largest absolute Gasteiger partial charge is 0.376 e. The van der Waals surface area contributed by atoms with Gasteiger partial charge in [-0.3, -0.25) is 4.72 Å². The topological polar surface area (TPSA) is 62.3 Å². The van der Waals surface area contributed by atoms with Crippen LogP contribution in [0.4, 0.5) is 11.4 Å². The van der Waals surface area contributed by atoms with Gasteiger partial charge in [-0.2, -0.15) is 0 Å². The molecule has 1 aromatic heterocycles.